The highest BCUT2D eigenvalue weighted by Crippen LogP contribution is 2.34. The van der Waals surface area contributed by atoms with Crippen LogP contribution in [0.2, 0.25) is 0 Å². The normalized spacial score (nSPS) is 19.4. The summed E-state index contributed by atoms with van der Waals surface area (Å²) >= 11 is 0. The summed E-state index contributed by atoms with van der Waals surface area (Å²) in [7, 11) is 0. The molecule has 1 aromatic rings. The van der Waals surface area contributed by atoms with E-state index < -0.39 is 0 Å². The minimum atomic E-state index is 0.771. The number of nitrogens with one attached hydrogen (secondary N) is 1. The SMILES string of the molecule is CCCNC(CCc1ccc2c(c1)CCC2)C1CC1. The molecule has 0 heterocycles. The molecule has 1 fully saturated rings. The Morgan fingerprint density at radius 1 is 1.21 bits per heavy atom. The third kappa shape index (κ3) is 3.39. The molecule has 1 heteroatoms. The average molecular weight is 257 g/mol. The van der Waals surface area contributed by atoms with Gasteiger partial charge in [-0.1, -0.05) is 25.1 Å². The van der Waals surface area contributed by atoms with Crippen LogP contribution in [0.1, 0.15) is 55.7 Å². The van der Waals surface area contributed by atoms with E-state index in [2.05, 4.69) is 30.4 Å². The Bertz CT molecular complexity index is 420. The Morgan fingerprint density at radius 3 is 2.84 bits per heavy atom. The first-order valence-electron chi connectivity index (χ1n) is 8.21. The molecule has 2 aliphatic rings. The van der Waals surface area contributed by atoms with Crippen LogP contribution in [0.4, 0.5) is 0 Å². The quantitative estimate of drug-likeness (QED) is 0.781. The van der Waals surface area contributed by atoms with Gasteiger partial charge in [0.05, 0.1) is 0 Å². The maximum atomic E-state index is 3.75. The largest absolute Gasteiger partial charge is 0.314 e. The van der Waals surface area contributed by atoms with Crippen molar-refractivity contribution in [3.05, 3.63) is 34.9 Å². The fourth-order valence-corrected chi connectivity index (χ4v) is 3.44. The predicted octanol–water partition coefficient (Wildman–Crippen LogP) is 3.89. The summed E-state index contributed by atoms with van der Waals surface area (Å²) in [6.45, 7) is 3.45. The Kier molecular flexibility index (Phi) is 4.22. The fraction of sp³-hybridized carbons (Fsp3) is 0.667. The summed E-state index contributed by atoms with van der Waals surface area (Å²) in [5.41, 5.74) is 4.79. The van der Waals surface area contributed by atoms with Gasteiger partial charge in [-0.15, -0.1) is 0 Å². The second-order valence-corrected chi connectivity index (χ2v) is 6.39. The van der Waals surface area contributed by atoms with Gasteiger partial charge >= 0.3 is 0 Å². The van der Waals surface area contributed by atoms with Crippen LogP contribution in [0, 0.1) is 5.92 Å². The molecular formula is C18H27N. The van der Waals surface area contributed by atoms with E-state index in [0.29, 0.717) is 0 Å². The lowest BCUT2D eigenvalue weighted by Crippen LogP contribution is -2.32. The average Bonchev–Trinajstić information content (AvgIpc) is 3.16. The number of hydrogen-bond donors (Lipinski definition) is 1. The van der Waals surface area contributed by atoms with Gasteiger partial charge in [-0.3, -0.25) is 0 Å². The zero-order valence-corrected chi connectivity index (χ0v) is 12.3. The third-order valence-corrected chi connectivity index (χ3v) is 4.75. The molecule has 1 nitrogen and oxygen atoms in total. The van der Waals surface area contributed by atoms with E-state index >= 15 is 0 Å². The van der Waals surface area contributed by atoms with Gasteiger partial charge in [0.15, 0.2) is 0 Å². The van der Waals surface area contributed by atoms with Crippen molar-refractivity contribution in [1.82, 2.24) is 5.32 Å². The van der Waals surface area contributed by atoms with Crippen molar-refractivity contribution in [2.45, 2.75) is 64.3 Å². The Balaban J connectivity index is 1.55. The molecule has 0 saturated heterocycles. The van der Waals surface area contributed by atoms with Crippen LogP contribution in [0.5, 0.6) is 0 Å². The van der Waals surface area contributed by atoms with Gasteiger partial charge in [0.2, 0.25) is 0 Å². The smallest absolute Gasteiger partial charge is 0.00984 e. The molecule has 0 spiro atoms. The van der Waals surface area contributed by atoms with Crippen LogP contribution in [-0.4, -0.2) is 12.6 Å². The summed E-state index contributed by atoms with van der Waals surface area (Å²) < 4.78 is 0. The molecule has 0 bridgehead atoms. The first-order chi connectivity index (χ1) is 9.36. The van der Waals surface area contributed by atoms with Gasteiger partial charge in [0.25, 0.3) is 0 Å². The number of hydrogen-bond acceptors (Lipinski definition) is 1. The van der Waals surface area contributed by atoms with Crippen molar-refractivity contribution < 1.29 is 0 Å². The van der Waals surface area contributed by atoms with Crippen molar-refractivity contribution in [3.8, 4) is 0 Å². The lowest BCUT2D eigenvalue weighted by atomic mass is 9.99. The van der Waals surface area contributed by atoms with Gasteiger partial charge in [-0.2, -0.15) is 0 Å². The van der Waals surface area contributed by atoms with E-state index in [4.69, 9.17) is 0 Å². The molecule has 2 aliphatic carbocycles. The molecule has 104 valence electrons. The van der Waals surface area contributed by atoms with Gasteiger partial charge in [0, 0.05) is 6.04 Å². The van der Waals surface area contributed by atoms with E-state index in [9.17, 15) is 0 Å². The molecule has 1 aromatic carbocycles. The van der Waals surface area contributed by atoms with Gasteiger partial charge in [0.1, 0.15) is 0 Å². The van der Waals surface area contributed by atoms with Crippen molar-refractivity contribution in [3.63, 3.8) is 0 Å². The minimum Gasteiger partial charge on any atom is -0.314 e. The van der Waals surface area contributed by atoms with Crippen molar-refractivity contribution in [2.75, 3.05) is 6.54 Å². The van der Waals surface area contributed by atoms with Gasteiger partial charge in [-0.05, 0) is 80.5 Å². The second-order valence-electron chi connectivity index (χ2n) is 6.39. The first-order valence-corrected chi connectivity index (χ1v) is 8.21. The second kappa shape index (κ2) is 6.09. The summed E-state index contributed by atoms with van der Waals surface area (Å²) in [5, 5.41) is 3.75. The Hall–Kier alpha value is -0.820. The van der Waals surface area contributed by atoms with E-state index in [-0.39, 0.29) is 0 Å². The molecule has 0 aromatic heterocycles. The minimum absolute atomic E-state index is 0.771. The van der Waals surface area contributed by atoms with E-state index in [1.54, 1.807) is 16.7 Å². The monoisotopic (exact) mass is 257 g/mol. The maximum Gasteiger partial charge on any atom is 0.00984 e. The van der Waals surface area contributed by atoms with Crippen LogP contribution in [0.3, 0.4) is 0 Å². The standard InChI is InChI=1S/C18H27N/c1-2-12-19-18(16-9-10-16)11-7-14-6-8-15-4-3-5-17(15)13-14/h6,8,13,16,18-19H,2-5,7,9-12H2,1H3. The molecule has 0 aliphatic heterocycles. The van der Waals surface area contributed by atoms with Crippen LogP contribution < -0.4 is 5.32 Å². The molecule has 1 atom stereocenters. The fourth-order valence-electron chi connectivity index (χ4n) is 3.44. The summed E-state index contributed by atoms with van der Waals surface area (Å²) in [5.74, 6) is 0.973. The molecule has 19 heavy (non-hydrogen) atoms. The van der Waals surface area contributed by atoms with Crippen LogP contribution in [0.25, 0.3) is 0 Å². The highest BCUT2D eigenvalue weighted by atomic mass is 14.9. The zero-order valence-electron chi connectivity index (χ0n) is 12.3. The molecule has 1 unspecified atom stereocenters. The zero-order chi connectivity index (χ0) is 13.1. The summed E-state index contributed by atoms with van der Waals surface area (Å²) in [6, 6.07) is 8.00. The molecular weight excluding hydrogens is 230 g/mol. The van der Waals surface area contributed by atoms with E-state index in [1.807, 2.05) is 0 Å². The molecule has 0 radical (unpaired) electrons. The lowest BCUT2D eigenvalue weighted by molar-refractivity contribution is 0.436. The predicted molar refractivity (Wildman–Crippen MR) is 81.6 cm³/mol. The first kappa shape index (κ1) is 13.2. The summed E-state index contributed by atoms with van der Waals surface area (Å²) in [4.78, 5) is 0. The van der Waals surface area contributed by atoms with Crippen molar-refractivity contribution in [2.24, 2.45) is 5.92 Å². The number of benzene rings is 1. The Morgan fingerprint density at radius 2 is 2.05 bits per heavy atom. The van der Waals surface area contributed by atoms with Crippen LogP contribution in [0.15, 0.2) is 18.2 Å². The third-order valence-electron chi connectivity index (χ3n) is 4.75. The maximum absolute atomic E-state index is 3.75. The van der Waals surface area contributed by atoms with Gasteiger partial charge in [-0.25, -0.2) is 0 Å². The van der Waals surface area contributed by atoms with Crippen molar-refractivity contribution in [1.29, 1.82) is 0 Å². The van der Waals surface area contributed by atoms with Crippen LogP contribution >= 0.6 is 0 Å². The molecule has 1 N–H and O–H groups in total. The Labute approximate surface area is 117 Å². The molecule has 1 saturated carbocycles. The highest BCUT2D eigenvalue weighted by Gasteiger charge is 2.30. The highest BCUT2D eigenvalue weighted by molar-refractivity contribution is 5.35. The molecule has 3 rings (SSSR count). The number of fused-ring (bicyclic) bond motifs is 1. The van der Waals surface area contributed by atoms with Crippen molar-refractivity contribution >= 4 is 0 Å². The topological polar surface area (TPSA) is 12.0 Å². The number of aryl methyl sites for hydroxylation is 3. The molecule has 0 amide bonds. The lowest BCUT2D eigenvalue weighted by Gasteiger charge is -2.18. The summed E-state index contributed by atoms with van der Waals surface area (Å²) in [6.07, 6.45) is 10.7. The van der Waals surface area contributed by atoms with Gasteiger partial charge < -0.3 is 5.32 Å². The van der Waals surface area contributed by atoms with Crippen LogP contribution in [-0.2, 0) is 19.3 Å². The van der Waals surface area contributed by atoms with E-state index in [1.165, 1.54) is 57.9 Å². The van der Waals surface area contributed by atoms with E-state index in [0.717, 1.165) is 12.0 Å². The number of rotatable bonds is 7.